The molecule has 188 valence electrons. The maximum atomic E-state index is 14.3. The molecule has 0 unspecified atom stereocenters. The van der Waals surface area contributed by atoms with Crippen LogP contribution in [-0.2, 0) is 11.2 Å². The van der Waals surface area contributed by atoms with Crippen LogP contribution >= 0.6 is 0 Å². The van der Waals surface area contributed by atoms with Gasteiger partial charge in [0, 0.05) is 23.9 Å². The quantitative estimate of drug-likeness (QED) is 0.538. The topological polar surface area (TPSA) is 107 Å². The monoisotopic (exact) mass is 484 g/mol. The molecule has 4 rings (SSSR count). The molecule has 10 heteroatoms. The number of hydrogen-bond donors (Lipinski definition) is 2. The number of rotatable bonds is 6. The second kappa shape index (κ2) is 9.59. The molecule has 0 saturated heterocycles. The zero-order valence-electron chi connectivity index (χ0n) is 20.8. The number of ether oxygens (including phenoxy) is 2. The molecule has 3 N–H and O–H groups in total. The Hall–Kier alpha value is -3.56. The van der Waals surface area contributed by atoms with E-state index in [-0.39, 0.29) is 24.5 Å². The van der Waals surface area contributed by atoms with Crippen LogP contribution in [0.25, 0.3) is 5.65 Å². The minimum atomic E-state index is -0.584. The van der Waals surface area contributed by atoms with E-state index in [0.717, 1.165) is 30.8 Å². The number of aromatic nitrogens is 3. The third-order valence-electron chi connectivity index (χ3n) is 5.84. The van der Waals surface area contributed by atoms with Gasteiger partial charge in [-0.1, -0.05) is 0 Å². The molecule has 3 aromatic rings. The molecule has 1 amide bonds. The third kappa shape index (κ3) is 5.58. The van der Waals surface area contributed by atoms with Crippen LogP contribution in [-0.4, -0.2) is 45.5 Å². The first-order chi connectivity index (χ1) is 16.5. The van der Waals surface area contributed by atoms with E-state index in [4.69, 9.17) is 20.2 Å². The number of nitrogens with one attached hydrogen (secondary N) is 1. The van der Waals surface area contributed by atoms with E-state index in [9.17, 15) is 9.18 Å². The summed E-state index contributed by atoms with van der Waals surface area (Å²) in [6, 6.07) is 4.28. The summed E-state index contributed by atoms with van der Waals surface area (Å²) in [7, 11) is 0. The fourth-order valence-corrected chi connectivity index (χ4v) is 4.23. The number of benzene rings is 1. The fourth-order valence-electron chi connectivity index (χ4n) is 4.23. The number of nitrogens with zero attached hydrogens (tertiary/aromatic N) is 4. The van der Waals surface area contributed by atoms with E-state index in [1.807, 2.05) is 20.0 Å². The van der Waals surface area contributed by atoms with E-state index in [2.05, 4.69) is 15.3 Å². The molecule has 0 aliphatic carbocycles. The number of nitrogens with two attached hydrogens (primary N) is 1. The van der Waals surface area contributed by atoms with Crippen molar-refractivity contribution in [3.05, 3.63) is 47.5 Å². The lowest BCUT2D eigenvalue weighted by atomic mass is 10.0. The number of nitrogen functional groups attached to an aromatic ring is 1. The van der Waals surface area contributed by atoms with E-state index >= 15 is 0 Å². The molecule has 0 fully saturated rings. The van der Waals surface area contributed by atoms with Gasteiger partial charge in [-0.05, 0) is 65.7 Å². The smallest absolute Gasteiger partial charge is 0.407 e. The number of aryl methyl sites for hydroxylation is 1. The molecule has 1 aliphatic heterocycles. The first-order valence-electron chi connectivity index (χ1n) is 11.8. The van der Waals surface area contributed by atoms with Gasteiger partial charge in [0.15, 0.2) is 5.65 Å². The van der Waals surface area contributed by atoms with Gasteiger partial charge in [-0.3, -0.25) is 0 Å². The summed E-state index contributed by atoms with van der Waals surface area (Å²) >= 11 is 0. The van der Waals surface area contributed by atoms with Crippen molar-refractivity contribution in [2.45, 2.75) is 65.2 Å². The second-order valence-electron chi connectivity index (χ2n) is 9.92. The maximum Gasteiger partial charge on any atom is 0.407 e. The van der Waals surface area contributed by atoms with Crippen molar-refractivity contribution in [1.29, 1.82) is 0 Å². The van der Waals surface area contributed by atoms with Gasteiger partial charge in [-0.15, -0.1) is 0 Å². The summed E-state index contributed by atoms with van der Waals surface area (Å²) in [5.41, 5.74) is 8.33. The zero-order chi connectivity index (χ0) is 25.3. The molecule has 0 bridgehead atoms. The highest BCUT2D eigenvalue weighted by Gasteiger charge is 2.28. The Labute approximate surface area is 204 Å². The molecular weight excluding hydrogens is 451 g/mol. The zero-order valence-corrected chi connectivity index (χ0v) is 20.8. The lowest BCUT2D eigenvalue weighted by Crippen LogP contribution is -2.38. The van der Waals surface area contributed by atoms with Crippen LogP contribution in [0, 0.1) is 5.82 Å². The summed E-state index contributed by atoms with van der Waals surface area (Å²) in [6.45, 7) is 10.3. The van der Waals surface area contributed by atoms with Crippen molar-refractivity contribution in [1.82, 2.24) is 19.9 Å². The van der Waals surface area contributed by atoms with E-state index in [1.54, 1.807) is 37.5 Å². The predicted octanol–water partition coefficient (Wildman–Crippen LogP) is 4.26. The van der Waals surface area contributed by atoms with Gasteiger partial charge in [0.25, 0.3) is 0 Å². The molecule has 0 saturated carbocycles. The van der Waals surface area contributed by atoms with Gasteiger partial charge >= 0.3 is 6.09 Å². The van der Waals surface area contributed by atoms with Crippen molar-refractivity contribution >= 4 is 23.2 Å². The third-order valence-corrected chi connectivity index (χ3v) is 5.84. The summed E-state index contributed by atoms with van der Waals surface area (Å²) in [6.07, 6.45) is 4.48. The van der Waals surface area contributed by atoms with Crippen LogP contribution in [0.3, 0.4) is 0 Å². The van der Waals surface area contributed by atoms with Crippen LogP contribution in [0.1, 0.15) is 58.2 Å². The highest BCUT2D eigenvalue weighted by atomic mass is 19.1. The molecular formula is C25H33FN6O3. The number of halogens is 1. The molecule has 2 aromatic heterocycles. The summed E-state index contributed by atoms with van der Waals surface area (Å²) in [5.74, 6) is 1.02. The van der Waals surface area contributed by atoms with Gasteiger partial charge in [0.05, 0.1) is 24.5 Å². The summed E-state index contributed by atoms with van der Waals surface area (Å²) < 4.78 is 27.5. The molecule has 0 spiro atoms. The molecule has 0 radical (unpaired) electrons. The van der Waals surface area contributed by atoms with E-state index < -0.39 is 11.7 Å². The number of carbonyl (C=O) groups excluding carboxylic acids is 1. The summed E-state index contributed by atoms with van der Waals surface area (Å²) in [5, 5.41) is 6.98. The second-order valence-corrected chi connectivity index (χ2v) is 9.92. The van der Waals surface area contributed by atoms with Gasteiger partial charge in [-0.2, -0.15) is 5.10 Å². The largest absolute Gasteiger partial charge is 0.489 e. The van der Waals surface area contributed by atoms with Gasteiger partial charge < -0.3 is 25.4 Å². The Bertz CT molecular complexity index is 1220. The minimum Gasteiger partial charge on any atom is -0.489 e. The number of carbonyl (C=O) groups is 1. The van der Waals surface area contributed by atoms with Crippen LogP contribution in [0.5, 0.6) is 5.75 Å². The van der Waals surface area contributed by atoms with E-state index in [0.29, 0.717) is 22.6 Å². The highest BCUT2D eigenvalue weighted by molar-refractivity contribution is 5.68. The lowest BCUT2D eigenvalue weighted by molar-refractivity contribution is 0.0504. The average Bonchev–Trinajstić information content (AvgIpc) is 3.15. The van der Waals surface area contributed by atoms with Crippen LogP contribution < -0.4 is 20.7 Å². The molecule has 35 heavy (non-hydrogen) atoms. The van der Waals surface area contributed by atoms with E-state index in [1.165, 1.54) is 12.1 Å². The number of hydrogen-bond acceptors (Lipinski definition) is 7. The lowest BCUT2D eigenvalue weighted by Gasteiger charge is -2.36. The van der Waals surface area contributed by atoms with Crippen molar-refractivity contribution in [2.75, 3.05) is 23.7 Å². The normalized spacial score (nSPS) is 15.4. The number of alkyl carbamates (subject to hydrolysis) is 1. The van der Waals surface area contributed by atoms with Gasteiger partial charge in [0.2, 0.25) is 0 Å². The Balaban J connectivity index is 1.55. The van der Waals surface area contributed by atoms with Crippen LogP contribution in [0.4, 0.5) is 20.7 Å². The van der Waals surface area contributed by atoms with Crippen molar-refractivity contribution in [3.8, 4) is 5.75 Å². The van der Waals surface area contributed by atoms with Crippen molar-refractivity contribution < 1.29 is 18.7 Å². The molecule has 1 aromatic carbocycles. The highest BCUT2D eigenvalue weighted by Crippen LogP contribution is 2.37. The molecule has 2 atom stereocenters. The molecule has 3 heterocycles. The van der Waals surface area contributed by atoms with Crippen LogP contribution in [0.15, 0.2) is 30.6 Å². The fraction of sp³-hybridized carbons (Fsp3) is 0.480. The maximum absolute atomic E-state index is 14.3. The van der Waals surface area contributed by atoms with Gasteiger partial charge in [0.1, 0.15) is 29.1 Å². The molecule has 9 nitrogen and oxygen atoms in total. The van der Waals surface area contributed by atoms with Gasteiger partial charge in [-0.25, -0.2) is 18.7 Å². The average molecular weight is 485 g/mol. The predicted molar refractivity (Wildman–Crippen MR) is 132 cm³/mol. The summed E-state index contributed by atoms with van der Waals surface area (Å²) in [4.78, 5) is 18.9. The van der Waals surface area contributed by atoms with Crippen LogP contribution in [0.2, 0.25) is 0 Å². The Morgan fingerprint density at radius 1 is 1.31 bits per heavy atom. The number of anilines is 2. The first-order valence-corrected chi connectivity index (χ1v) is 11.8. The Morgan fingerprint density at radius 3 is 2.83 bits per heavy atom. The SMILES string of the molecule is C[C@H](c1cc(F)ccc1O[C@@H](C)CNC(=O)OC(C)(C)C)N1CCCc2cn3ncc(N)c3nc21. The minimum absolute atomic E-state index is 0.218. The standard InChI is InChI=1S/C25H33FN6O3/c1-15(12-28-24(33)35-25(3,4)5)34-21-9-8-18(26)11-19(21)16(2)31-10-6-7-17-14-32-23(30-22(17)31)20(27)13-29-32/h8-9,11,13-16H,6-7,10,12,27H2,1-5H3,(H,28,33)/t15-,16+/m0/s1. The number of fused-ring (bicyclic) bond motifs is 2. The first kappa shape index (κ1) is 24.6. The Kier molecular flexibility index (Phi) is 6.73. The van der Waals surface area contributed by atoms with Crippen molar-refractivity contribution in [2.24, 2.45) is 0 Å². The molecule has 1 aliphatic rings. The Morgan fingerprint density at radius 2 is 2.09 bits per heavy atom. The van der Waals surface area contributed by atoms with Crippen molar-refractivity contribution in [3.63, 3.8) is 0 Å². The number of amides is 1.